The average molecular weight is 298 g/mol. The van der Waals surface area contributed by atoms with Gasteiger partial charge in [0.05, 0.1) is 20.1 Å². The van der Waals surface area contributed by atoms with E-state index in [0.29, 0.717) is 0 Å². The van der Waals surface area contributed by atoms with Crippen LogP contribution in [0.15, 0.2) is 6.07 Å². The standard InChI is InChI=1S/C6H2BCl4O2.K/c8-3-1-2(7(12)13)4(9)6(11)5(3)10;/h1,12H;/q-1;+1. The van der Waals surface area contributed by atoms with Crippen LogP contribution < -0.4 is 61.9 Å². The molecule has 0 saturated carbocycles. The molecule has 0 atom stereocenters. The molecule has 14 heavy (non-hydrogen) atoms. The predicted octanol–water partition coefficient (Wildman–Crippen LogP) is -1.65. The summed E-state index contributed by atoms with van der Waals surface area (Å²) < 4.78 is 0. The normalized spacial score (nSPS) is 9.57. The van der Waals surface area contributed by atoms with Gasteiger partial charge < -0.3 is 10.0 Å². The number of benzene rings is 1. The first-order valence-corrected chi connectivity index (χ1v) is 4.63. The van der Waals surface area contributed by atoms with Crippen molar-refractivity contribution in [3.63, 3.8) is 0 Å². The van der Waals surface area contributed by atoms with Gasteiger partial charge in [0.2, 0.25) is 7.12 Å². The van der Waals surface area contributed by atoms with Gasteiger partial charge in [-0.25, -0.2) is 0 Å². The van der Waals surface area contributed by atoms with E-state index >= 15 is 0 Å². The molecule has 0 amide bonds. The molecule has 0 radical (unpaired) electrons. The van der Waals surface area contributed by atoms with Crippen LogP contribution in [0.3, 0.4) is 0 Å². The molecule has 70 valence electrons. The van der Waals surface area contributed by atoms with E-state index in [0.717, 1.165) is 0 Å². The van der Waals surface area contributed by atoms with Crippen LogP contribution >= 0.6 is 46.4 Å². The first kappa shape index (κ1) is 16.0. The van der Waals surface area contributed by atoms with E-state index in [-0.39, 0.29) is 76.9 Å². The number of hydrogen-bond donors (Lipinski definition) is 1. The second-order valence-electron chi connectivity index (χ2n) is 2.24. The van der Waals surface area contributed by atoms with E-state index in [4.69, 9.17) is 51.4 Å². The third-order valence-electron chi connectivity index (χ3n) is 1.40. The Morgan fingerprint density at radius 1 is 1.07 bits per heavy atom. The Morgan fingerprint density at radius 3 is 2.00 bits per heavy atom. The van der Waals surface area contributed by atoms with E-state index in [2.05, 4.69) is 0 Å². The summed E-state index contributed by atoms with van der Waals surface area (Å²) in [6.07, 6.45) is 0. The summed E-state index contributed by atoms with van der Waals surface area (Å²) in [5.74, 6) is 0. The molecular weight excluding hydrogens is 296 g/mol. The van der Waals surface area contributed by atoms with Crippen LogP contribution in [0.2, 0.25) is 20.1 Å². The minimum atomic E-state index is -1.97. The zero-order valence-corrected chi connectivity index (χ0v) is 13.2. The molecule has 0 saturated heterocycles. The molecule has 0 bridgehead atoms. The van der Waals surface area contributed by atoms with E-state index in [1.165, 1.54) is 6.07 Å². The number of halogens is 4. The fourth-order valence-corrected chi connectivity index (χ4v) is 1.68. The summed E-state index contributed by atoms with van der Waals surface area (Å²) >= 11 is 22.5. The van der Waals surface area contributed by atoms with Crippen LogP contribution in [0, 0.1) is 0 Å². The number of rotatable bonds is 1. The van der Waals surface area contributed by atoms with Crippen molar-refractivity contribution in [1.29, 1.82) is 0 Å². The predicted molar refractivity (Wildman–Crippen MR) is 54.1 cm³/mol. The van der Waals surface area contributed by atoms with E-state index in [1.807, 2.05) is 0 Å². The monoisotopic (exact) mass is 296 g/mol. The van der Waals surface area contributed by atoms with E-state index in [9.17, 15) is 5.02 Å². The Bertz CT molecular complexity index is 347. The van der Waals surface area contributed by atoms with Crippen LogP contribution in [0.4, 0.5) is 0 Å². The van der Waals surface area contributed by atoms with Crippen molar-refractivity contribution in [1.82, 2.24) is 0 Å². The van der Waals surface area contributed by atoms with Gasteiger partial charge in [0.25, 0.3) is 0 Å². The smallest absolute Gasteiger partial charge is 0.853 e. The van der Waals surface area contributed by atoms with Gasteiger partial charge in [-0.3, -0.25) is 0 Å². The molecule has 0 heterocycles. The zero-order valence-electron chi connectivity index (χ0n) is 7.02. The molecule has 1 aromatic rings. The largest absolute Gasteiger partial charge is 1.00 e. The van der Waals surface area contributed by atoms with Gasteiger partial charge in [0, 0.05) is 0 Å². The fourth-order valence-electron chi connectivity index (χ4n) is 0.771. The summed E-state index contributed by atoms with van der Waals surface area (Å²) in [7, 11) is -1.97. The quantitative estimate of drug-likeness (QED) is 0.384. The third kappa shape index (κ3) is 3.50. The van der Waals surface area contributed by atoms with Crippen LogP contribution in [0.5, 0.6) is 0 Å². The summed E-state index contributed by atoms with van der Waals surface area (Å²) in [5.41, 5.74) is -0.0823. The summed E-state index contributed by atoms with van der Waals surface area (Å²) in [4.78, 5) is 0. The van der Waals surface area contributed by atoms with Gasteiger partial charge in [-0.15, -0.1) is 0 Å². The third-order valence-corrected chi connectivity index (χ3v) is 3.16. The van der Waals surface area contributed by atoms with Gasteiger partial charge in [0.1, 0.15) is 0 Å². The first-order chi connectivity index (χ1) is 5.95. The van der Waals surface area contributed by atoms with Crippen molar-refractivity contribution in [2.75, 3.05) is 0 Å². The van der Waals surface area contributed by atoms with Gasteiger partial charge in [0.15, 0.2) is 0 Å². The molecule has 1 N–H and O–H groups in total. The first-order valence-electron chi connectivity index (χ1n) is 3.12. The molecule has 2 nitrogen and oxygen atoms in total. The van der Waals surface area contributed by atoms with Crippen molar-refractivity contribution < 1.29 is 61.4 Å². The fraction of sp³-hybridized carbons (Fsp3) is 0. The van der Waals surface area contributed by atoms with Gasteiger partial charge in [-0.1, -0.05) is 46.4 Å². The van der Waals surface area contributed by atoms with Crippen LogP contribution in [0.1, 0.15) is 0 Å². The molecule has 0 aliphatic rings. The number of hydrogen-bond acceptors (Lipinski definition) is 2. The van der Waals surface area contributed by atoms with Crippen LogP contribution in [-0.4, -0.2) is 12.1 Å². The molecule has 8 heteroatoms. The van der Waals surface area contributed by atoms with Crippen molar-refractivity contribution in [2.45, 2.75) is 0 Å². The Morgan fingerprint density at radius 2 is 1.57 bits per heavy atom. The zero-order chi connectivity index (χ0) is 10.2. The van der Waals surface area contributed by atoms with E-state index in [1.54, 1.807) is 0 Å². The second kappa shape index (κ2) is 6.67. The minimum absolute atomic E-state index is 0. The average Bonchev–Trinajstić information content (AvgIpc) is 2.07. The molecule has 0 aliphatic carbocycles. The maximum Gasteiger partial charge on any atom is 1.00 e. The van der Waals surface area contributed by atoms with Gasteiger partial charge in [-0.05, 0) is 11.5 Å². The molecule has 0 fully saturated rings. The van der Waals surface area contributed by atoms with Crippen molar-refractivity contribution in [3.05, 3.63) is 26.2 Å². The van der Waals surface area contributed by atoms with E-state index < -0.39 is 7.12 Å². The molecular formula is C6H2BCl4KO2. The van der Waals surface area contributed by atoms with Crippen LogP contribution in [-0.2, 0) is 0 Å². The minimum Gasteiger partial charge on any atom is -0.853 e. The summed E-state index contributed by atoms with van der Waals surface area (Å²) in [6, 6.07) is 1.19. The maximum absolute atomic E-state index is 10.7. The van der Waals surface area contributed by atoms with Gasteiger partial charge in [-0.2, -0.15) is 0 Å². The maximum atomic E-state index is 10.7. The molecule has 0 aliphatic heterocycles. The molecule has 0 spiro atoms. The topological polar surface area (TPSA) is 43.3 Å². The molecule has 1 rings (SSSR count). The Labute approximate surface area is 144 Å². The van der Waals surface area contributed by atoms with Gasteiger partial charge >= 0.3 is 51.4 Å². The summed E-state index contributed by atoms with van der Waals surface area (Å²) in [5, 5.41) is 19.5. The van der Waals surface area contributed by atoms with Crippen molar-refractivity contribution in [3.8, 4) is 0 Å². The summed E-state index contributed by atoms with van der Waals surface area (Å²) in [6.45, 7) is 0. The second-order valence-corrected chi connectivity index (χ2v) is 3.78. The Hall–Kier alpha value is 2.00. The molecule has 0 unspecified atom stereocenters. The van der Waals surface area contributed by atoms with Crippen molar-refractivity contribution in [2.24, 2.45) is 0 Å². The van der Waals surface area contributed by atoms with Crippen molar-refractivity contribution >= 4 is 59.0 Å². The Balaban J connectivity index is 0.00000169. The molecule has 0 aromatic heterocycles. The molecule has 1 aromatic carbocycles. The SMILES string of the molecule is [K+].[O-]B(O)c1cc(Cl)c(Cl)c(Cl)c1Cl. The van der Waals surface area contributed by atoms with Crippen LogP contribution in [0.25, 0.3) is 0 Å². The Kier molecular flexibility index (Phi) is 7.62.